The van der Waals surface area contributed by atoms with E-state index in [4.69, 9.17) is 0 Å². The number of benzene rings is 2. The molecule has 11 nitrogen and oxygen atoms in total. The monoisotopic (exact) mass is 720 g/mol. The van der Waals surface area contributed by atoms with E-state index in [0.29, 0.717) is 60.7 Å². The number of anilines is 2. The topological polar surface area (TPSA) is 116 Å². The molecule has 1 unspecified atom stereocenters. The van der Waals surface area contributed by atoms with Crippen molar-refractivity contribution in [1.29, 1.82) is 0 Å². The van der Waals surface area contributed by atoms with Gasteiger partial charge in [-0.15, -0.1) is 0 Å². The van der Waals surface area contributed by atoms with Crippen molar-refractivity contribution in [2.45, 2.75) is 57.4 Å². The molecule has 0 spiro atoms. The molecule has 8 rings (SSSR count). The predicted molar refractivity (Wildman–Crippen MR) is 198 cm³/mol. The van der Waals surface area contributed by atoms with Crippen molar-refractivity contribution in [3.05, 3.63) is 114 Å². The van der Waals surface area contributed by atoms with Crippen LogP contribution in [0.3, 0.4) is 0 Å². The van der Waals surface area contributed by atoms with Crippen LogP contribution in [0.25, 0.3) is 16.8 Å². The highest BCUT2D eigenvalue weighted by Gasteiger charge is 2.41. The highest BCUT2D eigenvalue weighted by Crippen LogP contribution is 2.43. The lowest BCUT2D eigenvalue weighted by atomic mass is 9.88. The summed E-state index contributed by atoms with van der Waals surface area (Å²) in [5.74, 6) is -0.603. The van der Waals surface area contributed by atoms with Gasteiger partial charge in [0.1, 0.15) is 29.3 Å². The smallest absolute Gasteiger partial charge is 0.335 e. The molecule has 2 aromatic carbocycles. The molecule has 13 heteroatoms. The van der Waals surface area contributed by atoms with Gasteiger partial charge in [0, 0.05) is 62.8 Å². The minimum atomic E-state index is -0.501. The minimum Gasteiger partial charge on any atom is -0.508 e. The highest BCUT2D eigenvalue weighted by atomic mass is 19.1. The molecule has 3 amide bonds. The second-order valence-corrected chi connectivity index (χ2v) is 14.0. The Morgan fingerprint density at radius 1 is 1.04 bits per heavy atom. The summed E-state index contributed by atoms with van der Waals surface area (Å²) in [6, 6.07) is 13.9. The Balaban J connectivity index is 1.04. The van der Waals surface area contributed by atoms with E-state index < -0.39 is 5.82 Å². The number of allylic oxidation sites excluding steroid dienone is 3. The molecular formula is C40H42F2N8O3. The predicted octanol–water partition coefficient (Wildman–Crippen LogP) is 5.81. The van der Waals surface area contributed by atoms with Gasteiger partial charge in [0.05, 0.1) is 17.6 Å². The number of rotatable bonds is 7. The number of piperazine rings is 1. The number of halogens is 2. The molecule has 0 bridgehead atoms. The lowest BCUT2D eigenvalue weighted by molar-refractivity contribution is -0.118. The first-order valence-electron chi connectivity index (χ1n) is 18.2. The third-order valence-electron chi connectivity index (χ3n) is 10.6. The van der Waals surface area contributed by atoms with E-state index in [-0.39, 0.29) is 41.8 Å². The zero-order valence-electron chi connectivity index (χ0n) is 29.4. The van der Waals surface area contributed by atoms with Crippen molar-refractivity contribution in [1.82, 2.24) is 35.6 Å². The zero-order valence-corrected chi connectivity index (χ0v) is 29.4. The Hall–Kier alpha value is -5.53. The van der Waals surface area contributed by atoms with E-state index in [1.165, 1.54) is 18.3 Å². The van der Waals surface area contributed by atoms with E-state index in [9.17, 15) is 23.5 Å². The molecule has 2 fully saturated rings. The van der Waals surface area contributed by atoms with Crippen LogP contribution in [0.2, 0.25) is 0 Å². The van der Waals surface area contributed by atoms with Crippen LogP contribution < -0.4 is 20.9 Å². The van der Waals surface area contributed by atoms with Gasteiger partial charge in [0.15, 0.2) is 5.82 Å². The summed E-state index contributed by atoms with van der Waals surface area (Å²) in [7, 11) is 0. The van der Waals surface area contributed by atoms with Crippen LogP contribution in [0.5, 0.6) is 5.75 Å². The first-order chi connectivity index (χ1) is 25.7. The number of carbonyl (C=O) groups is 2. The molecule has 3 aromatic rings. The molecule has 53 heavy (non-hydrogen) atoms. The molecule has 1 aromatic heterocycles. The average molecular weight is 721 g/mol. The fraction of sp³-hybridized carbons (Fsp3) is 0.325. The fourth-order valence-electron chi connectivity index (χ4n) is 8.03. The van der Waals surface area contributed by atoms with Crippen LogP contribution in [0, 0.1) is 5.82 Å². The number of pyridine rings is 1. The van der Waals surface area contributed by atoms with E-state index in [2.05, 4.69) is 25.8 Å². The number of phenols is 1. The Kier molecular flexibility index (Phi) is 9.44. The number of nitrogens with one attached hydrogen (secondary N) is 3. The lowest BCUT2D eigenvalue weighted by Crippen LogP contribution is -2.51. The van der Waals surface area contributed by atoms with Gasteiger partial charge in [-0.25, -0.2) is 23.5 Å². The molecule has 5 heterocycles. The third kappa shape index (κ3) is 6.89. The van der Waals surface area contributed by atoms with Gasteiger partial charge in [0.2, 0.25) is 0 Å². The molecule has 4 N–H and O–H groups in total. The molecule has 1 aliphatic carbocycles. The number of aromatic nitrogens is 1. The number of hydrogen-bond acceptors (Lipinski definition) is 8. The normalized spacial score (nSPS) is 23.7. The van der Waals surface area contributed by atoms with Gasteiger partial charge in [-0.3, -0.25) is 14.6 Å². The van der Waals surface area contributed by atoms with Gasteiger partial charge in [-0.05, 0) is 91.8 Å². The number of amides is 3. The van der Waals surface area contributed by atoms with E-state index in [1.807, 2.05) is 43.3 Å². The van der Waals surface area contributed by atoms with E-state index in [1.54, 1.807) is 39.1 Å². The average Bonchev–Trinajstić information content (AvgIpc) is 3.59. The zero-order chi connectivity index (χ0) is 36.6. The third-order valence-corrected chi connectivity index (χ3v) is 10.6. The molecule has 5 aliphatic rings. The number of aromatic hydroxyl groups is 1. The number of hydrogen-bond donors (Lipinski definition) is 4. The summed E-state index contributed by atoms with van der Waals surface area (Å²) < 4.78 is 28.6. The van der Waals surface area contributed by atoms with Gasteiger partial charge in [-0.2, -0.15) is 0 Å². The largest absolute Gasteiger partial charge is 0.508 e. The summed E-state index contributed by atoms with van der Waals surface area (Å²) in [5.41, 5.74) is 4.88. The number of urea groups is 1. The van der Waals surface area contributed by atoms with Crippen LogP contribution in [0.1, 0.15) is 43.7 Å². The van der Waals surface area contributed by atoms with Crippen molar-refractivity contribution >= 4 is 29.1 Å². The number of phenolic OH excluding ortho intramolecular Hbond substituents is 1. The summed E-state index contributed by atoms with van der Waals surface area (Å²) in [4.78, 5) is 39.7. The van der Waals surface area contributed by atoms with Crippen LogP contribution in [0.15, 0.2) is 96.9 Å². The van der Waals surface area contributed by atoms with Gasteiger partial charge in [-0.1, -0.05) is 24.3 Å². The number of carbonyl (C=O) groups excluding carboxylic acids is 2. The van der Waals surface area contributed by atoms with Crippen LogP contribution >= 0.6 is 0 Å². The Morgan fingerprint density at radius 2 is 1.85 bits per heavy atom. The Bertz CT molecular complexity index is 2050. The summed E-state index contributed by atoms with van der Waals surface area (Å²) in [5, 5.41) is 20.0. The molecule has 1 atom stereocenters. The molecular weight excluding hydrogens is 678 g/mol. The van der Waals surface area contributed by atoms with Crippen molar-refractivity contribution in [3.8, 4) is 16.9 Å². The second kappa shape index (κ2) is 14.5. The van der Waals surface area contributed by atoms with Crippen LogP contribution in [-0.2, 0) is 11.3 Å². The molecule has 0 radical (unpaired) electrons. The van der Waals surface area contributed by atoms with Crippen LogP contribution in [-0.4, -0.2) is 81.2 Å². The standard InChI is InChI=1S/C40H42F2N8O3/c1-2-36-34-20-28(42)21-44-38(34)50(31-5-3-4-25(18-31)33-12-11-32(51)19-26(33)22-47-16-14-43-15-17-47)40(53)49(36)30-9-7-29(8-10-30)45-39(52)35-24-48-23-27(41)6-13-37(48)46-35/h2-6,11-13,18-21,23-24,29-30,37,43,46,51H,7-10,14-17,22H2,1H3,(H,45,52)/t29-,30+,37?. The Labute approximate surface area is 307 Å². The van der Waals surface area contributed by atoms with Gasteiger partial charge in [0.25, 0.3) is 5.91 Å². The summed E-state index contributed by atoms with van der Waals surface area (Å²) >= 11 is 0. The maximum atomic E-state index is 14.9. The summed E-state index contributed by atoms with van der Waals surface area (Å²) in [6.45, 7) is 6.13. The van der Waals surface area contributed by atoms with E-state index >= 15 is 0 Å². The van der Waals surface area contributed by atoms with Crippen molar-refractivity contribution < 1.29 is 23.5 Å². The Morgan fingerprint density at radius 3 is 2.64 bits per heavy atom. The molecule has 4 aliphatic heterocycles. The molecule has 1 saturated carbocycles. The van der Waals surface area contributed by atoms with Crippen molar-refractivity contribution in [2.75, 3.05) is 31.1 Å². The van der Waals surface area contributed by atoms with Crippen LogP contribution in [0.4, 0.5) is 25.1 Å². The molecule has 274 valence electrons. The maximum Gasteiger partial charge on any atom is 0.335 e. The second-order valence-electron chi connectivity index (χ2n) is 14.0. The fourth-order valence-corrected chi connectivity index (χ4v) is 8.03. The molecule has 1 saturated heterocycles. The quantitative estimate of drug-likeness (QED) is 0.242. The summed E-state index contributed by atoms with van der Waals surface area (Å²) in [6.07, 6.45) is 11.1. The number of fused-ring (bicyclic) bond motifs is 2. The SMILES string of the molecule is CC=C1c2cc(F)cnc2N(c2cccc(-c3ccc(O)cc3CN3CCNCC3)c2)C(=O)N1[C@H]1CC[C@@H](NC(=O)C2=CN3C=C(F)C=CC3N2)CC1. The first kappa shape index (κ1) is 34.6. The van der Waals surface area contributed by atoms with E-state index in [0.717, 1.165) is 49.1 Å². The minimum absolute atomic E-state index is 0.115. The maximum absolute atomic E-state index is 14.9. The van der Waals surface area contributed by atoms with Crippen molar-refractivity contribution in [2.24, 2.45) is 0 Å². The van der Waals surface area contributed by atoms with Gasteiger partial charge >= 0.3 is 6.03 Å². The number of nitrogens with zero attached hydrogens (tertiary/aromatic N) is 5. The van der Waals surface area contributed by atoms with Crippen molar-refractivity contribution in [3.63, 3.8) is 0 Å². The first-order valence-corrected chi connectivity index (χ1v) is 18.2. The van der Waals surface area contributed by atoms with Gasteiger partial charge < -0.3 is 26.0 Å². The highest BCUT2D eigenvalue weighted by molar-refractivity contribution is 6.09. The lowest BCUT2D eigenvalue weighted by Gasteiger charge is -2.44.